The Morgan fingerprint density at radius 2 is 1.65 bits per heavy atom. The monoisotopic (exact) mass is 880 g/mol. The van der Waals surface area contributed by atoms with Gasteiger partial charge in [-0.15, -0.1) is 0 Å². The van der Waals surface area contributed by atoms with E-state index in [4.69, 9.17) is 28.9 Å². The molecule has 10 rings (SSSR count). The third-order valence-corrected chi connectivity index (χ3v) is 13.6. The molecule has 4 aliphatic rings. The number of likely N-dealkylation sites (tertiary alicyclic amines) is 2. The summed E-state index contributed by atoms with van der Waals surface area (Å²) in [7, 11) is 4.23. The van der Waals surface area contributed by atoms with Gasteiger partial charge in [-0.3, -0.25) is 9.59 Å². The van der Waals surface area contributed by atoms with Gasteiger partial charge in [0.25, 0.3) is 5.91 Å². The molecule has 16 heteroatoms. The number of H-pyrrole nitrogens is 2. The second kappa shape index (κ2) is 16.9. The Balaban J connectivity index is 0.909. The fourth-order valence-corrected chi connectivity index (χ4v) is 10.2. The van der Waals surface area contributed by atoms with Gasteiger partial charge in [0.2, 0.25) is 5.91 Å². The number of nitrogens with one attached hydrogen (secondary N) is 4. The molecule has 0 spiro atoms. The molecule has 3 aliphatic heterocycles. The van der Waals surface area contributed by atoms with Crippen molar-refractivity contribution in [2.75, 3.05) is 34.5 Å². The number of imidazole rings is 2. The second-order valence-electron chi connectivity index (χ2n) is 18.0. The van der Waals surface area contributed by atoms with Crippen LogP contribution >= 0.6 is 0 Å². The van der Waals surface area contributed by atoms with Crippen molar-refractivity contribution in [2.45, 2.75) is 69.9 Å². The lowest BCUT2D eigenvalue weighted by molar-refractivity contribution is -0.136. The summed E-state index contributed by atoms with van der Waals surface area (Å²) in [4.78, 5) is 73.7. The molecule has 2 saturated heterocycles. The maximum Gasteiger partial charge on any atom is 0.407 e. The number of aromatic nitrogens is 4. The number of nitrogens with zero attached hydrogens (tertiary/aromatic N) is 4. The molecular weight excluding hydrogens is 829 g/mol. The van der Waals surface area contributed by atoms with Crippen LogP contribution in [0.5, 0.6) is 5.75 Å². The SMILES string of the molecule is COC[C@H]1C[C@@H](c2ncc(-c3ccc4c(c3)COc3cc5c(ccc6[nH]c([C@@H]7C[C@H]8CC8N7C(=O)[C@H](NC(=O)OC)c7ccccc7)nc65)cc3-4)[nH]2)N(C(=O)[C@@H](NC(=O)OC)C(C)C)C1. The van der Waals surface area contributed by atoms with E-state index < -0.39 is 24.3 Å². The number of carbonyl (C=O) groups is 4. The lowest BCUT2D eigenvalue weighted by Crippen LogP contribution is -2.51. The van der Waals surface area contributed by atoms with Gasteiger partial charge in [-0.2, -0.15) is 0 Å². The number of aromatic amines is 2. The lowest BCUT2D eigenvalue weighted by atomic mass is 9.92. The van der Waals surface area contributed by atoms with Crippen LogP contribution in [0.2, 0.25) is 0 Å². The van der Waals surface area contributed by atoms with Gasteiger partial charge in [0.05, 0.1) is 55.8 Å². The van der Waals surface area contributed by atoms with Crippen molar-refractivity contribution in [1.82, 2.24) is 40.4 Å². The molecule has 336 valence electrons. The van der Waals surface area contributed by atoms with E-state index in [0.29, 0.717) is 49.3 Å². The first-order valence-corrected chi connectivity index (χ1v) is 22.2. The van der Waals surface area contributed by atoms with Crippen molar-refractivity contribution >= 4 is 45.8 Å². The molecule has 5 heterocycles. The van der Waals surface area contributed by atoms with Crippen molar-refractivity contribution in [3.63, 3.8) is 0 Å². The molecule has 16 nitrogen and oxygen atoms in total. The number of hydrogen-bond acceptors (Lipinski definition) is 10. The zero-order valence-electron chi connectivity index (χ0n) is 36.9. The van der Waals surface area contributed by atoms with E-state index in [2.05, 4.69) is 57.0 Å². The second-order valence-corrected chi connectivity index (χ2v) is 18.0. The van der Waals surface area contributed by atoms with E-state index in [1.807, 2.05) is 55.1 Å². The maximum atomic E-state index is 14.4. The summed E-state index contributed by atoms with van der Waals surface area (Å²) >= 11 is 0. The Morgan fingerprint density at radius 3 is 2.42 bits per heavy atom. The van der Waals surface area contributed by atoms with Gasteiger partial charge in [0.1, 0.15) is 36.1 Å². The molecular formula is C49H52N8O8. The van der Waals surface area contributed by atoms with Crippen LogP contribution in [0.25, 0.3) is 44.2 Å². The number of rotatable bonds is 11. The number of amides is 4. The number of alkyl carbamates (subject to hydrolysis) is 2. The number of methoxy groups -OCH3 is 3. The third kappa shape index (κ3) is 7.68. The van der Waals surface area contributed by atoms with Crippen molar-refractivity contribution in [1.29, 1.82) is 0 Å². The molecule has 0 radical (unpaired) electrons. The number of fused-ring (bicyclic) bond motifs is 7. The van der Waals surface area contributed by atoms with Crippen molar-refractivity contribution in [3.05, 3.63) is 102 Å². The van der Waals surface area contributed by atoms with Gasteiger partial charge < -0.3 is 49.3 Å². The van der Waals surface area contributed by atoms with Crippen LogP contribution in [-0.2, 0) is 30.4 Å². The molecule has 4 aromatic carbocycles. The summed E-state index contributed by atoms with van der Waals surface area (Å²) < 4.78 is 21.7. The lowest BCUT2D eigenvalue weighted by Gasteiger charge is -2.30. The topological polar surface area (TPSA) is 193 Å². The van der Waals surface area contributed by atoms with Gasteiger partial charge in [0.15, 0.2) is 0 Å². The standard InChI is InChI=1S/C49H52N8O8/c1-25(2)41(54-48(60)63-4)46(58)56-22-26(23-62-3)15-38(56)44-50-21-36(52-44)29-11-13-32-31(16-29)24-65-40-20-33-28(17-34(32)40)12-14-35-43(33)53-45(51-35)39-19-30-18-37(30)57(39)47(59)42(55-49(61)64-5)27-9-7-6-8-10-27/h6-14,16-17,20-21,25-26,30,37-39,41-42H,15,18-19,22-24H2,1-5H3,(H,50,52)(H,51,53)(H,54,60)(H,55,61)/t26-,30+,37?,38-,39-,41-,42+/m0/s1. The minimum atomic E-state index is -0.897. The highest BCUT2D eigenvalue weighted by Gasteiger charge is 2.56. The maximum absolute atomic E-state index is 14.4. The van der Waals surface area contributed by atoms with Crippen LogP contribution in [0.3, 0.4) is 0 Å². The summed E-state index contributed by atoms with van der Waals surface area (Å²) in [6.45, 7) is 5.12. The Bertz CT molecular complexity index is 2820. The molecule has 1 aliphatic carbocycles. The third-order valence-electron chi connectivity index (χ3n) is 13.6. The smallest absolute Gasteiger partial charge is 0.407 e. The highest BCUT2D eigenvalue weighted by Crippen LogP contribution is 2.54. The highest BCUT2D eigenvalue weighted by molar-refractivity contribution is 6.07. The number of hydrogen-bond donors (Lipinski definition) is 4. The molecule has 2 aromatic heterocycles. The van der Waals surface area contributed by atoms with Crippen LogP contribution in [-0.4, -0.2) is 100 Å². The van der Waals surface area contributed by atoms with E-state index in [0.717, 1.165) is 68.3 Å². The first-order chi connectivity index (χ1) is 31.5. The van der Waals surface area contributed by atoms with Gasteiger partial charge in [-0.25, -0.2) is 19.6 Å². The molecule has 1 saturated carbocycles. The molecule has 6 aromatic rings. The van der Waals surface area contributed by atoms with Crippen LogP contribution in [0, 0.1) is 17.8 Å². The average molecular weight is 881 g/mol. The molecule has 1 unspecified atom stereocenters. The zero-order valence-corrected chi connectivity index (χ0v) is 36.9. The average Bonchev–Trinajstić information content (AvgIpc) is 3.79. The van der Waals surface area contributed by atoms with E-state index >= 15 is 0 Å². The normalized spacial score (nSPS) is 21.6. The molecule has 3 fully saturated rings. The van der Waals surface area contributed by atoms with Gasteiger partial charge in [-0.1, -0.05) is 62.4 Å². The summed E-state index contributed by atoms with van der Waals surface area (Å²) in [5, 5.41) is 7.44. The number of ether oxygens (including phenoxy) is 4. The fourth-order valence-electron chi connectivity index (χ4n) is 10.2. The molecule has 4 N–H and O–H groups in total. The highest BCUT2D eigenvalue weighted by atomic mass is 16.5. The number of piperidine rings is 1. The molecule has 0 bridgehead atoms. The first kappa shape index (κ1) is 42.0. The van der Waals surface area contributed by atoms with Crippen LogP contribution in [0.1, 0.15) is 74.0 Å². The molecule has 65 heavy (non-hydrogen) atoms. The summed E-state index contributed by atoms with van der Waals surface area (Å²) in [5.74, 6) is 2.09. The van der Waals surface area contributed by atoms with Gasteiger partial charge in [-0.05, 0) is 83.0 Å². The van der Waals surface area contributed by atoms with Gasteiger partial charge in [0, 0.05) is 36.6 Å². The number of carbonyl (C=O) groups excluding carboxylic acids is 4. The predicted octanol–water partition coefficient (Wildman–Crippen LogP) is 7.34. The zero-order chi connectivity index (χ0) is 45.1. The van der Waals surface area contributed by atoms with E-state index in [1.165, 1.54) is 14.2 Å². The minimum Gasteiger partial charge on any atom is -0.488 e. The Kier molecular flexibility index (Phi) is 10.9. The predicted molar refractivity (Wildman–Crippen MR) is 240 cm³/mol. The van der Waals surface area contributed by atoms with Crippen LogP contribution < -0.4 is 15.4 Å². The summed E-state index contributed by atoms with van der Waals surface area (Å²) in [6, 6.07) is 21.7. The van der Waals surface area contributed by atoms with Crippen LogP contribution in [0.15, 0.2) is 79.0 Å². The van der Waals surface area contributed by atoms with Crippen molar-refractivity contribution < 1.29 is 38.1 Å². The van der Waals surface area contributed by atoms with E-state index in [-0.39, 0.29) is 41.8 Å². The Hall–Kier alpha value is -6.94. The molecule has 4 amide bonds. The quantitative estimate of drug-likeness (QED) is 0.102. The number of benzene rings is 4. The van der Waals surface area contributed by atoms with E-state index in [1.54, 1.807) is 18.2 Å². The minimum absolute atomic E-state index is 0.0856. The van der Waals surface area contributed by atoms with Crippen molar-refractivity contribution in [2.24, 2.45) is 17.8 Å². The Morgan fingerprint density at radius 1 is 0.846 bits per heavy atom. The Labute approximate surface area is 375 Å². The fraction of sp³-hybridized carbons (Fsp3) is 0.388. The summed E-state index contributed by atoms with van der Waals surface area (Å²) in [5.41, 5.74) is 7.18. The van der Waals surface area contributed by atoms with Crippen molar-refractivity contribution in [3.8, 4) is 28.1 Å². The largest absolute Gasteiger partial charge is 0.488 e. The molecule has 7 atom stereocenters. The van der Waals surface area contributed by atoms with E-state index in [9.17, 15) is 19.2 Å². The van der Waals surface area contributed by atoms with Gasteiger partial charge >= 0.3 is 12.2 Å². The first-order valence-electron chi connectivity index (χ1n) is 22.2. The van der Waals surface area contributed by atoms with Crippen LogP contribution in [0.4, 0.5) is 9.59 Å². The summed E-state index contributed by atoms with van der Waals surface area (Å²) in [6.07, 6.45) is 2.86.